The van der Waals surface area contributed by atoms with Crippen LogP contribution in [0.25, 0.3) is 11.3 Å². The Morgan fingerprint density at radius 1 is 0.793 bits per heavy atom. The van der Waals surface area contributed by atoms with Crippen molar-refractivity contribution in [3.05, 3.63) is 72.1 Å². The van der Waals surface area contributed by atoms with Gasteiger partial charge in [-0.1, -0.05) is 24.3 Å². The fourth-order valence-electron chi connectivity index (χ4n) is 10.8. The van der Waals surface area contributed by atoms with Gasteiger partial charge in [0, 0.05) is 61.0 Å². The number of nitrogens with one attached hydrogen (secondary N) is 1. The number of benzene rings is 2. The first-order valence-corrected chi connectivity index (χ1v) is 21.3. The molecule has 4 saturated heterocycles. The number of phenols is 1. The van der Waals surface area contributed by atoms with Crippen LogP contribution in [0.15, 0.2) is 60.8 Å². The zero-order chi connectivity index (χ0) is 39.3. The second-order valence-electron chi connectivity index (χ2n) is 17.0. The maximum atomic E-state index is 12.8. The van der Waals surface area contributed by atoms with Gasteiger partial charge in [-0.25, -0.2) is 9.97 Å². The number of phenolic OH excluding ortho intramolecular Hbond substituents is 1. The normalized spacial score (nSPS) is 26.6. The molecule has 3 atom stereocenters. The zero-order valence-electron chi connectivity index (χ0n) is 32.9. The van der Waals surface area contributed by atoms with Gasteiger partial charge in [-0.3, -0.25) is 14.9 Å². The minimum absolute atomic E-state index is 0.170. The minimum atomic E-state index is -0.335. The number of imide groups is 1. The van der Waals surface area contributed by atoms with E-state index in [1.165, 1.54) is 18.4 Å². The summed E-state index contributed by atoms with van der Waals surface area (Å²) in [4.78, 5) is 44.3. The number of carbonyl (C=O) groups excluding carboxylic acids is 2. The van der Waals surface area contributed by atoms with Crippen LogP contribution in [0.2, 0.25) is 0 Å². The summed E-state index contributed by atoms with van der Waals surface area (Å²) < 4.78 is 6.31. The van der Waals surface area contributed by atoms with Crippen molar-refractivity contribution in [3.8, 4) is 22.8 Å². The van der Waals surface area contributed by atoms with Crippen molar-refractivity contribution < 1.29 is 19.4 Å². The van der Waals surface area contributed by atoms with Crippen molar-refractivity contribution in [2.45, 2.75) is 100 Å². The van der Waals surface area contributed by atoms with Crippen LogP contribution < -0.4 is 30.5 Å². The highest BCUT2D eigenvalue weighted by Crippen LogP contribution is 2.46. The molecule has 4 aromatic rings. The molecule has 14 heteroatoms. The van der Waals surface area contributed by atoms with E-state index in [1.807, 2.05) is 24.4 Å². The molecule has 10 rings (SSSR count). The van der Waals surface area contributed by atoms with Crippen LogP contribution in [0.5, 0.6) is 11.5 Å². The van der Waals surface area contributed by atoms with Crippen molar-refractivity contribution in [1.29, 1.82) is 0 Å². The molecule has 7 heterocycles. The number of fused-ring (bicyclic) bond motifs is 3. The number of rotatable bonds is 7. The zero-order valence-corrected chi connectivity index (χ0v) is 32.9. The summed E-state index contributed by atoms with van der Waals surface area (Å²) in [7, 11) is 0. The van der Waals surface area contributed by atoms with E-state index in [1.54, 1.807) is 12.1 Å². The second kappa shape index (κ2) is 15.3. The highest BCUT2D eigenvalue weighted by atomic mass is 16.5. The molecule has 6 aliphatic rings. The number of amides is 2. The number of ether oxygens (including phenoxy) is 1. The van der Waals surface area contributed by atoms with Gasteiger partial charge in [0.05, 0.1) is 23.6 Å². The number of nitrogens with zero attached hydrogens (tertiary/aromatic N) is 8. The van der Waals surface area contributed by atoms with Crippen LogP contribution in [0.3, 0.4) is 0 Å². The maximum Gasteiger partial charge on any atom is 0.249 e. The van der Waals surface area contributed by atoms with Gasteiger partial charge in [0.2, 0.25) is 17.8 Å². The van der Waals surface area contributed by atoms with E-state index in [0.717, 1.165) is 93.5 Å². The standard InChI is InChI=1S/C44H52N10O4/c45-42-38(24-35(49-50-42)33-4-1-2-7-39(33)55)52-25-30-12-13-31(26-52)54(30)44-46-19-16-34(47-44)28-17-20-51(21-18-28)29-10-8-27(9-11-29)32-5-3-6-36-41(32)58-23-22-53(36)37-14-15-40(56)48-43(37)57/h1-7,16,19,24,27-31,37,55H,8-15,17-18,20-23,25-26H2,(H2,45,50)(H,48,56,57)/t27-,29+,30-,31+,37-/m1/s1. The third kappa shape index (κ3) is 6.84. The summed E-state index contributed by atoms with van der Waals surface area (Å²) in [6.07, 6.45) is 11.8. The first kappa shape index (κ1) is 36.8. The lowest BCUT2D eigenvalue weighted by atomic mass is 9.79. The van der Waals surface area contributed by atoms with Crippen LogP contribution in [0.4, 0.5) is 23.1 Å². The molecule has 2 aromatic carbocycles. The average molecular weight is 785 g/mol. The molecule has 2 bridgehead atoms. The number of aromatic hydroxyl groups is 1. The lowest BCUT2D eigenvalue weighted by Crippen LogP contribution is -2.54. The third-order valence-electron chi connectivity index (χ3n) is 13.8. The Hall–Kier alpha value is -5.50. The molecule has 58 heavy (non-hydrogen) atoms. The summed E-state index contributed by atoms with van der Waals surface area (Å²) >= 11 is 0. The molecule has 2 aromatic heterocycles. The van der Waals surface area contributed by atoms with Gasteiger partial charge in [-0.2, -0.15) is 0 Å². The third-order valence-corrected chi connectivity index (χ3v) is 13.8. The number of piperazine rings is 1. The molecule has 4 N–H and O–H groups in total. The number of piperidine rings is 2. The van der Waals surface area contributed by atoms with E-state index >= 15 is 0 Å². The molecule has 5 aliphatic heterocycles. The predicted molar refractivity (Wildman–Crippen MR) is 221 cm³/mol. The van der Waals surface area contributed by atoms with E-state index in [4.69, 9.17) is 20.4 Å². The Kier molecular flexibility index (Phi) is 9.74. The Balaban J connectivity index is 0.753. The lowest BCUT2D eigenvalue weighted by Gasteiger charge is -2.43. The Morgan fingerprint density at radius 2 is 1.57 bits per heavy atom. The fourth-order valence-corrected chi connectivity index (χ4v) is 10.8. The van der Waals surface area contributed by atoms with E-state index in [0.29, 0.717) is 60.9 Å². The molecule has 5 fully saturated rings. The van der Waals surface area contributed by atoms with Gasteiger partial charge in [-0.05, 0) is 113 Å². The quantitative estimate of drug-likeness (QED) is 0.215. The highest BCUT2D eigenvalue weighted by molar-refractivity contribution is 6.02. The number of aromatic nitrogens is 4. The summed E-state index contributed by atoms with van der Waals surface area (Å²) in [6.45, 7) is 4.94. The van der Waals surface area contributed by atoms with Crippen molar-refractivity contribution in [3.63, 3.8) is 0 Å². The summed E-state index contributed by atoms with van der Waals surface area (Å²) in [6, 6.07) is 18.4. The number of likely N-dealkylation sites (tertiary alicyclic amines) is 1. The SMILES string of the molecule is Nc1nnc(-c2ccccc2O)cc1N1C[C@H]2CC[C@@H](C1)N2c1nccc(C2CCN([C@H]3CC[C@@H](c4cccc5c4OCCN5[C@@H]4CCC(=O)NC4=O)CC3)CC2)n1. The number of hydrogen-bond donors (Lipinski definition) is 3. The van der Waals surface area contributed by atoms with Crippen molar-refractivity contribution in [1.82, 2.24) is 30.4 Å². The van der Waals surface area contributed by atoms with Gasteiger partial charge in [0.15, 0.2) is 5.82 Å². The predicted octanol–water partition coefficient (Wildman–Crippen LogP) is 4.99. The maximum absolute atomic E-state index is 12.8. The summed E-state index contributed by atoms with van der Waals surface area (Å²) in [5.41, 5.74) is 11.9. The molecule has 1 saturated carbocycles. The molecule has 0 unspecified atom stereocenters. The summed E-state index contributed by atoms with van der Waals surface area (Å²) in [5, 5.41) is 21.5. The number of hydrogen-bond acceptors (Lipinski definition) is 13. The second-order valence-corrected chi connectivity index (χ2v) is 17.0. The molecule has 14 nitrogen and oxygen atoms in total. The van der Waals surface area contributed by atoms with Crippen LogP contribution in [-0.2, 0) is 9.59 Å². The van der Waals surface area contributed by atoms with E-state index in [-0.39, 0.29) is 35.7 Å². The topological polar surface area (TPSA) is 166 Å². The van der Waals surface area contributed by atoms with Gasteiger partial charge in [0.25, 0.3) is 0 Å². The molecular formula is C44H52N10O4. The molecule has 0 spiro atoms. The molecule has 302 valence electrons. The van der Waals surface area contributed by atoms with Crippen molar-refractivity contribution in [2.75, 3.05) is 59.8 Å². The highest BCUT2D eigenvalue weighted by Gasteiger charge is 2.43. The number of nitrogen functional groups attached to an aromatic ring is 1. The Morgan fingerprint density at radius 3 is 2.34 bits per heavy atom. The number of nitrogens with two attached hydrogens (primary N) is 1. The van der Waals surface area contributed by atoms with Crippen LogP contribution in [-0.4, -0.2) is 105 Å². The lowest BCUT2D eigenvalue weighted by molar-refractivity contribution is -0.134. The Labute approximate surface area is 338 Å². The minimum Gasteiger partial charge on any atom is -0.507 e. The van der Waals surface area contributed by atoms with Gasteiger partial charge in [0.1, 0.15) is 24.1 Å². The van der Waals surface area contributed by atoms with Gasteiger partial charge < -0.3 is 35.2 Å². The number of carbonyl (C=O) groups is 2. The van der Waals surface area contributed by atoms with Crippen molar-refractivity contribution >= 4 is 35.0 Å². The molecule has 0 radical (unpaired) electrons. The molecular weight excluding hydrogens is 733 g/mol. The van der Waals surface area contributed by atoms with Crippen LogP contribution >= 0.6 is 0 Å². The first-order valence-electron chi connectivity index (χ1n) is 21.3. The largest absolute Gasteiger partial charge is 0.507 e. The van der Waals surface area contributed by atoms with E-state index in [9.17, 15) is 14.7 Å². The Bertz CT molecular complexity index is 2170. The van der Waals surface area contributed by atoms with Crippen LogP contribution in [0.1, 0.15) is 87.3 Å². The van der Waals surface area contributed by atoms with E-state index < -0.39 is 0 Å². The molecule has 1 aliphatic carbocycles. The van der Waals surface area contributed by atoms with E-state index in [2.05, 4.69) is 59.4 Å². The first-order chi connectivity index (χ1) is 28.4. The summed E-state index contributed by atoms with van der Waals surface area (Å²) in [5.74, 6) is 2.80. The number of para-hydroxylation sites is 2. The average Bonchev–Trinajstić information content (AvgIpc) is 3.52. The van der Waals surface area contributed by atoms with Crippen LogP contribution in [0, 0.1) is 0 Å². The van der Waals surface area contributed by atoms with Gasteiger partial charge >= 0.3 is 0 Å². The monoisotopic (exact) mass is 784 g/mol. The van der Waals surface area contributed by atoms with Crippen molar-refractivity contribution in [2.24, 2.45) is 0 Å². The molecule has 2 amide bonds. The smallest absolute Gasteiger partial charge is 0.249 e. The number of anilines is 4. The fraction of sp³-hybridized carbons (Fsp3) is 0.500. The van der Waals surface area contributed by atoms with Gasteiger partial charge in [-0.15, -0.1) is 10.2 Å².